The van der Waals surface area contributed by atoms with E-state index < -0.39 is 5.41 Å². The average molecular weight is 283 g/mol. The van der Waals surface area contributed by atoms with Crippen molar-refractivity contribution in [3.8, 4) is 0 Å². The van der Waals surface area contributed by atoms with Crippen molar-refractivity contribution in [2.24, 2.45) is 4.99 Å². The Balaban J connectivity index is 3.25. The number of Topliss-reactive ketones (excluding diaryl/α,β-unsaturated/α-hetero) is 1. The van der Waals surface area contributed by atoms with E-state index in [1.807, 2.05) is 59.0 Å². The van der Waals surface area contributed by atoms with Crippen molar-refractivity contribution in [2.75, 3.05) is 0 Å². The van der Waals surface area contributed by atoms with Crippen LogP contribution in [0.1, 0.15) is 51.3 Å². The van der Waals surface area contributed by atoms with E-state index in [0.29, 0.717) is 0 Å². The fraction of sp³-hybridized carbons (Fsp3) is 0.368. The van der Waals surface area contributed by atoms with E-state index in [-0.39, 0.29) is 5.78 Å². The molecule has 1 rings (SSSR count). The number of carbonyl (C=O) groups is 1. The molecule has 1 aromatic rings. The predicted octanol–water partition coefficient (Wildman–Crippen LogP) is 4.87. The minimum Gasteiger partial charge on any atom is -0.299 e. The summed E-state index contributed by atoms with van der Waals surface area (Å²) in [5.41, 5.74) is 4.67. The van der Waals surface area contributed by atoms with Gasteiger partial charge >= 0.3 is 0 Å². The van der Waals surface area contributed by atoms with Crippen LogP contribution in [-0.2, 0) is 10.2 Å². The van der Waals surface area contributed by atoms with Crippen molar-refractivity contribution in [3.05, 3.63) is 53.2 Å². The Bertz CT molecular complexity index is 618. The second-order valence-electron chi connectivity index (χ2n) is 5.95. The molecular formula is C19H25NO. The fourth-order valence-corrected chi connectivity index (χ4v) is 2.23. The smallest absolute Gasteiger partial charge is 0.139 e. The van der Waals surface area contributed by atoms with Crippen LogP contribution in [0.5, 0.6) is 0 Å². The van der Waals surface area contributed by atoms with Crippen LogP contribution in [0.4, 0.5) is 0 Å². The summed E-state index contributed by atoms with van der Waals surface area (Å²) in [7, 11) is 0. The van der Waals surface area contributed by atoms with Crippen molar-refractivity contribution in [3.63, 3.8) is 0 Å². The predicted molar refractivity (Wildman–Crippen MR) is 91.8 cm³/mol. The SMILES string of the molecule is C=C(C)N=C/C(=C\C)c1ccc(C(C)(C)C(C)=O)c(C)c1. The number of hydrogen-bond acceptors (Lipinski definition) is 2. The highest BCUT2D eigenvalue weighted by Gasteiger charge is 2.27. The van der Waals surface area contributed by atoms with Gasteiger partial charge in [-0.05, 0) is 63.8 Å². The number of carbonyl (C=O) groups excluding carboxylic acids is 1. The molecule has 0 bridgehead atoms. The summed E-state index contributed by atoms with van der Waals surface area (Å²) >= 11 is 0. The molecule has 0 spiro atoms. The third-order valence-corrected chi connectivity index (χ3v) is 3.85. The second-order valence-corrected chi connectivity index (χ2v) is 5.95. The van der Waals surface area contributed by atoms with E-state index in [1.165, 1.54) is 0 Å². The molecule has 0 heterocycles. The number of rotatable bonds is 5. The van der Waals surface area contributed by atoms with Crippen LogP contribution in [0.15, 0.2) is 41.5 Å². The first-order valence-corrected chi connectivity index (χ1v) is 7.18. The normalized spacial score (nSPS) is 12.8. The van der Waals surface area contributed by atoms with E-state index in [1.54, 1.807) is 6.92 Å². The van der Waals surface area contributed by atoms with Gasteiger partial charge in [-0.2, -0.15) is 0 Å². The molecule has 0 aliphatic carbocycles. The molecular weight excluding hydrogens is 258 g/mol. The molecule has 0 fully saturated rings. The van der Waals surface area contributed by atoms with Crippen LogP contribution in [-0.4, -0.2) is 12.0 Å². The quantitative estimate of drug-likeness (QED) is 0.709. The number of aryl methyl sites for hydroxylation is 1. The molecule has 2 nitrogen and oxygen atoms in total. The monoisotopic (exact) mass is 283 g/mol. The van der Waals surface area contributed by atoms with Crippen LogP contribution in [0.2, 0.25) is 0 Å². The highest BCUT2D eigenvalue weighted by molar-refractivity contribution is 6.10. The van der Waals surface area contributed by atoms with Gasteiger partial charge in [-0.3, -0.25) is 9.79 Å². The van der Waals surface area contributed by atoms with Crippen LogP contribution in [0.25, 0.3) is 5.57 Å². The topological polar surface area (TPSA) is 29.4 Å². The molecule has 2 heteroatoms. The number of allylic oxidation sites excluding steroid dienone is 3. The van der Waals surface area contributed by atoms with Crippen LogP contribution < -0.4 is 0 Å². The highest BCUT2D eigenvalue weighted by atomic mass is 16.1. The Morgan fingerprint density at radius 1 is 1.29 bits per heavy atom. The molecule has 1 aromatic carbocycles. The Morgan fingerprint density at radius 3 is 2.33 bits per heavy atom. The number of nitrogens with zero attached hydrogens (tertiary/aromatic N) is 1. The summed E-state index contributed by atoms with van der Waals surface area (Å²) in [4.78, 5) is 16.1. The van der Waals surface area contributed by atoms with Gasteiger partial charge < -0.3 is 0 Å². The van der Waals surface area contributed by atoms with Gasteiger partial charge in [-0.25, -0.2) is 0 Å². The van der Waals surface area contributed by atoms with Gasteiger partial charge in [0.05, 0.1) is 0 Å². The number of aliphatic imine (C=N–C) groups is 1. The van der Waals surface area contributed by atoms with Crippen molar-refractivity contribution in [1.29, 1.82) is 0 Å². The molecule has 0 N–H and O–H groups in total. The summed E-state index contributed by atoms with van der Waals surface area (Å²) in [5, 5.41) is 0. The van der Waals surface area contributed by atoms with Crippen molar-refractivity contribution in [2.45, 2.75) is 47.0 Å². The zero-order chi connectivity index (χ0) is 16.2. The lowest BCUT2D eigenvalue weighted by Gasteiger charge is -2.24. The zero-order valence-corrected chi connectivity index (χ0v) is 13.9. The molecule has 0 unspecified atom stereocenters. The lowest BCUT2D eigenvalue weighted by atomic mass is 9.78. The highest BCUT2D eigenvalue weighted by Crippen LogP contribution is 2.29. The van der Waals surface area contributed by atoms with Crippen LogP contribution in [0, 0.1) is 6.92 Å². The van der Waals surface area contributed by atoms with Crippen molar-refractivity contribution < 1.29 is 4.79 Å². The van der Waals surface area contributed by atoms with Crippen LogP contribution in [0.3, 0.4) is 0 Å². The number of benzene rings is 1. The number of ketones is 1. The van der Waals surface area contributed by atoms with Gasteiger partial charge in [0.2, 0.25) is 0 Å². The van der Waals surface area contributed by atoms with Gasteiger partial charge in [-0.15, -0.1) is 0 Å². The maximum absolute atomic E-state index is 11.8. The lowest BCUT2D eigenvalue weighted by Crippen LogP contribution is -2.27. The second kappa shape index (κ2) is 6.66. The lowest BCUT2D eigenvalue weighted by molar-refractivity contribution is -0.121. The molecule has 0 amide bonds. The molecule has 0 aliphatic rings. The molecule has 0 radical (unpaired) electrons. The molecule has 0 aromatic heterocycles. The van der Waals surface area contributed by atoms with E-state index in [4.69, 9.17) is 0 Å². The van der Waals surface area contributed by atoms with Gasteiger partial charge in [-0.1, -0.05) is 30.9 Å². The van der Waals surface area contributed by atoms with E-state index in [0.717, 1.165) is 28.0 Å². The first-order chi connectivity index (χ1) is 9.70. The summed E-state index contributed by atoms with van der Waals surface area (Å²) < 4.78 is 0. The number of hydrogen-bond donors (Lipinski definition) is 0. The van der Waals surface area contributed by atoms with Gasteiger partial charge in [0.15, 0.2) is 0 Å². The molecule has 0 aliphatic heterocycles. The Kier molecular flexibility index (Phi) is 5.42. The minimum absolute atomic E-state index is 0.174. The third-order valence-electron chi connectivity index (χ3n) is 3.85. The molecule has 21 heavy (non-hydrogen) atoms. The molecule has 0 atom stereocenters. The summed E-state index contributed by atoms with van der Waals surface area (Å²) in [5.74, 6) is 0.174. The zero-order valence-electron chi connectivity index (χ0n) is 13.9. The third kappa shape index (κ3) is 4.01. The summed E-state index contributed by atoms with van der Waals surface area (Å²) in [6, 6.07) is 6.21. The molecule has 0 saturated carbocycles. The van der Waals surface area contributed by atoms with Gasteiger partial charge in [0.1, 0.15) is 5.78 Å². The minimum atomic E-state index is -0.454. The van der Waals surface area contributed by atoms with E-state index in [2.05, 4.69) is 17.6 Å². The van der Waals surface area contributed by atoms with Gasteiger partial charge in [0, 0.05) is 17.3 Å². The van der Waals surface area contributed by atoms with Crippen LogP contribution >= 0.6 is 0 Å². The maximum Gasteiger partial charge on any atom is 0.139 e. The van der Waals surface area contributed by atoms with E-state index >= 15 is 0 Å². The first kappa shape index (κ1) is 17.1. The summed E-state index contributed by atoms with van der Waals surface area (Å²) in [6.45, 7) is 15.3. The van der Waals surface area contributed by atoms with Crippen molar-refractivity contribution >= 4 is 17.6 Å². The Morgan fingerprint density at radius 2 is 1.90 bits per heavy atom. The maximum atomic E-state index is 11.8. The largest absolute Gasteiger partial charge is 0.299 e. The van der Waals surface area contributed by atoms with Crippen molar-refractivity contribution in [1.82, 2.24) is 0 Å². The summed E-state index contributed by atoms with van der Waals surface area (Å²) in [6.07, 6.45) is 3.85. The molecule has 112 valence electrons. The van der Waals surface area contributed by atoms with E-state index in [9.17, 15) is 4.79 Å². The fourth-order valence-electron chi connectivity index (χ4n) is 2.23. The average Bonchev–Trinajstić information content (AvgIpc) is 2.38. The first-order valence-electron chi connectivity index (χ1n) is 7.18. The van der Waals surface area contributed by atoms with Gasteiger partial charge in [0.25, 0.3) is 0 Å². The Hall–Kier alpha value is -1.96. The standard InChI is InChI=1S/C19H25NO/c1-8-16(12-20-13(2)3)17-9-10-18(14(4)11-17)19(6,7)15(5)21/h8-12H,2H2,1,3-7H3/b16-8+,20-12?. The molecule has 0 saturated heterocycles. The Labute approximate surface area is 128 Å².